The molecule has 0 bridgehead atoms. The van der Waals surface area contributed by atoms with E-state index in [0.29, 0.717) is 12.5 Å². The zero-order chi connectivity index (χ0) is 10.6. The molecule has 1 aliphatic rings. The number of carbonyl (C=O) groups is 1. The first-order chi connectivity index (χ1) is 6.69. The van der Waals surface area contributed by atoms with Crippen LogP contribution in [-0.4, -0.2) is 48.3 Å². The smallest absolute Gasteiger partial charge is 0.323 e. The number of aliphatic hydroxyl groups is 1. The molecule has 2 unspecified atom stereocenters. The van der Waals surface area contributed by atoms with Crippen molar-refractivity contribution in [2.24, 2.45) is 5.92 Å². The number of hydrogen-bond acceptors (Lipinski definition) is 4. The molecule has 0 spiro atoms. The molecule has 0 saturated carbocycles. The zero-order valence-electron chi connectivity index (χ0n) is 8.90. The van der Waals surface area contributed by atoms with Crippen LogP contribution >= 0.6 is 0 Å². The predicted molar refractivity (Wildman–Crippen MR) is 52.9 cm³/mol. The van der Waals surface area contributed by atoms with E-state index < -0.39 is 0 Å². The summed E-state index contributed by atoms with van der Waals surface area (Å²) in [6, 6.07) is -0.175. The average Bonchev–Trinajstić information content (AvgIpc) is 2.65. The fourth-order valence-corrected chi connectivity index (χ4v) is 1.78. The van der Waals surface area contributed by atoms with Crippen LogP contribution in [0.5, 0.6) is 0 Å². The van der Waals surface area contributed by atoms with Crippen LogP contribution in [0, 0.1) is 5.92 Å². The van der Waals surface area contributed by atoms with Crippen molar-refractivity contribution in [3.05, 3.63) is 0 Å². The van der Waals surface area contributed by atoms with Gasteiger partial charge in [-0.25, -0.2) is 0 Å². The first-order valence-corrected chi connectivity index (χ1v) is 5.20. The molecule has 0 aromatic carbocycles. The van der Waals surface area contributed by atoms with Gasteiger partial charge in [0.05, 0.1) is 6.61 Å². The van der Waals surface area contributed by atoms with Gasteiger partial charge in [-0.1, -0.05) is 0 Å². The molecule has 0 amide bonds. The Labute approximate surface area is 84.8 Å². The maximum atomic E-state index is 11.4. The quantitative estimate of drug-likeness (QED) is 0.662. The van der Waals surface area contributed by atoms with E-state index in [9.17, 15) is 4.79 Å². The predicted octanol–water partition coefficient (Wildman–Crippen LogP) is 0.252. The molecule has 1 saturated heterocycles. The molecule has 0 aromatic heterocycles. The van der Waals surface area contributed by atoms with E-state index in [0.717, 1.165) is 19.5 Å². The third-order valence-corrected chi connectivity index (χ3v) is 2.75. The summed E-state index contributed by atoms with van der Waals surface area (Å²) in [7, 11) is 0. The van der Waals surface area contributed by atoms with Crippen LogP contribution in [0.1, 0.15) is 20.3 Å². The molecule has 1 N–H and O–H groups in total. The van der Waals surface area contributed by atoms with Crippen molar-refractivity contribution >= 4 is 5.97 Å². The molecule has 0 aliphatic carbocycles. The minimum absolute atomic E-state index is 0.161. The monoisotopic (exact) mass is 201 g/mol. The SMILES string of the molecule is CCOC(=O)C(C)N1CCC(CO)C1. The van der Waals surface area contributed by atoms with E-state index in [-0.39, 0.29) is 18.6 Å². The van der Waals surface area contributed by atoms with Gasteiger partial charge in [-0.05, 0) is 32.7 Å². The molecular formula is C10H19NO3. The van der Waals surface area contributed by atoms with Gasteiger partial charge in [-0.2, -0.15) is 0 Å². The van der Waals surface area contributed by atoms with Crippen LogP contribution < -0.4 is 0 Å². The fraction of sp³-hybridized carbons (Fsp3) is 0.900. The van der Waals surface area contributed by atoms with Crippen molar-refractivity contribution in [2.75, 3.05) is 26.3 Å². The number of carbonyl (C=O) groups excluding carboxylic acids is 1. The van der Waals surface area contributed by atoms with Gasteiger partial charge in [0.25, 0.3) is 0 Å². The van der Waals surface area contributed by atoms with Gasteiger partial charge in [0.15, 0.2) is 0 Å². The summed E-state index contributed by atoms with van der Waals surface area (Å²) in [5, 5.41) is 8.96. The van der Waals surface area contributed by atoms with Gasteiger partial charge in [0, 0.05) is 13.2 Å². The lowest BCUT2D eigenvalue weighted by atomic mass is 10.1. The minimum Gasteiger partial charge on any atom is -0.465 e. The van der Waals surface area contributed by atoms with Gasteiger partial charge >= 0.3 is 5.97 Å². The normalized spacial score (nSPS) is 24.9. The molecule has 4 nitrogen and oxygen atoms in total. The van der Waals surface area contributed by atoms with Crippen molar-refractivity contribution in [1.82, 2.24) is 4.90 Å². The second kappa shape index (κ2) is 5.32. The summed E-state index contributed by atoms with van der Waals surface area (Å²) in [5.41, 5.74) is 0. The Kier molecular flexibility index (Phi) is 4.35. The van der Waals surface area contributed by atoms with E-state index in [1.165, 1.54) is 0 Å². The molecule has 1 heterocycles. The third-order valence-electron chi connectivity index (χ3n) is 2.75. The molecule has 1 fully saturated rings. The summed E-state index contributed by atoms with van der Waals surface area (Å²) < 4.78 is 4.94. The maximum Gasteiger partial charge on any atom is 0.323 e. The Morgan fingerprint density at radius 3 is 2.93 bits per heavy atom. The number of hydrogen-bond donors (Lipinski definition) is 1. The molecule has 0 radical (unpaired) electrons. The molecule has 1 aliphatic heterocycles. The molecule has 2 atom stereocenters. The highest BCUT2D eigenvalue weighted by molar-refractivity contribution is 5.75. The van der Waals surface area contributed by atoms with Crippen molar-refractivity contribution in [1.29, 1.82) is 0 Å². The number of rotatable bonds is 4. The van der Waals surface area contributed by atoms with Crippen LogP contribution in [0.25, 0.3) is 0 Å². The minimum atomic E-state index is -0.175. The molecule has 1 rings (SSSR count). The molecular weight excluding hydrogens is 182 g/mol. The highest BCUT2D eigenvalue weighted by Gasteiger charge is 2.29. The fourth-order valence-electron chi connectivity index (χ4n) is 1.78. The van der Waals surface area contributed by atoms with Gasteiger partial charge < -0.3 is 9.84 Å². The Balaban J connectivity index is 2.38. The van der Waals surface area contributed by atoms with Gasteiger partial charge in [-0.15, -0.1) is 0 Å². The van der Waals surface area contributed by atoms with E-state index in [1.54, 1.807) is 0 Å². The van der Waals surface area contributed by atoms with Gasteiger partial charge in [0.2, 0.25) is 0 Å². The van der Waals surface area contributed by atoms with Crippen molar-refractivity contribution in [3.8, 4) is 0 Å². The Morgan fingerprint density at radius 2 is 2.43 bits per heavy atom. The van der Waals surface area contributed by atoms with Gasteiger partial charge in [0.1, 0.15) is 6.04 Å². The Morgan fingerprint density at radius 1 is 1.71 bits per heavy atom. The maximum absolute atomic E-state index is 11.4. The Hall–Kier alpha value is -0.610. The molecule has 82 valence electrons. The first-order valence-electron chi connectivity index (χ1n) is 5.20. The van der Waals surface area contributed by atoms with E-state index >= 15 is 0 Å². The second-order valence-electron chi connectivity index (χ2n) is 3.76. The summed E-state index contributed by atoms with van der Waals surface area (Å²) in [6.45, 7) is 6.00. The summed E-state index contributed by atoms with van der Waals surface area (Å²) in [5.74, 6) is 0.165. The highest BCUT2D eigenvalue weighted by Crippen LogP contribution is 2.18. The summed E-state index contributed by atoms with van der Waals surface area (Å²) >= 11 is 0. The number of ether oxygens (including phenoxy) is 1. The van der Waals surface area contributed by atoms with Crippen molar-refractivity contribution < 1.29 is 14.6 Å². The van der Waals surface area contributed by atoms with E-state index in [4.69, 9.17) is 9.84 Å². The lowest BCUT2D eigenvalue weighted by Crippen LogP contribution is -2.38. The lowest BCUT2D eigenvalue weighted by molar-refractivity contribution is -0.148. The lowest BCUT2D eigenvalue weighted by Gasteiger charge is -2.22. The summed E-state index contributed by atoms with van der Waals surface area (Å²) in [4.78, 5) is 13.5. The topological polar surface area (TPSA) is 49.8 Å². The van der Waals surface area contributed by atoms with Crippen LogP contribution in [-0.2, 0) is 9.53 Å². The largest absolute Gasteiger partial charge is 0.465 e. The zero-order valence-corrected chi connectivity index (χ0v) is 8.90. The van der Waals surface area contributed by atoms with Crippen LogP contribution in [0.15, 0.2) is 0 Å². The Bertz CT molecular complexity index is 196. The van der Waals surface area contributed by atoms with Crippen LogP contribution in [0.3, 0.4) is 0 Å². The van der Waals surface area contributed by atoms with Crippen LogP contribution in [0.4, 0.5) is 0 Å². The standard InChI is InChI=1S/C10H19NO3/c1-3-14-10(13)8(2)11-5-4-9(6-11)7-12/h8-9,12H,3-7H2,1-2H3. The molecule has 14 heavy (non-hydrogen) atoms. The number of aliphatic hydroxyl groups excluding tert-OH is 1. The highest BCUT2D eigenvalue weighted by atomic mass is 16.5. The number of esters is 1. The molecule has 4 heteroatoms. The van der Waals surface area contributed by atoms with Gasteiger partial charge in [-0.3, -0.25) is 9.69 Å². The van der Waals surface area contributed by atoms with Crippen LogP contribution in [0.2, 0.25) is 0 Å². The third kappa shape index (κ3) is 2.69. The summed E-state index contributed by atoms with van der Waals surface area (Å²) in [6.07, 6.45) is 0.972. The van der Waals surface area contributed by atoms with E-state index in [2.05, 4.69) is 4.90 Å². The van der Waals surface area contributed by atoms with Crippen molar-refractivity contribution in [3.63, 3.8) is 0 Å². The van der Waals surface area contributed by atoms with Crippen molar-refractivity contribution in [2.45, 2.75) is 26.3 Å². The van der Waals surface area contributed by atoms with E-state index in [1.807, 2.05) is 13.8 Å². The average molecular weight is 201 g/mol. The number of likely N-dealkylation sites (tertiary alicyclic amines) is 1. The number of nitrogens with zero attached hydrogens (tertiary/aromatic N) is 1. The molecule has 0 aromatic rings. The second-order valence-corrected chi connectivity index (χ2v) is 3.76. The first kappa shape index (κ1) is 11.5.